The molecule has 2 aliphatic rings. The summed E-state index contributed by atoms with van der Waals surface area (Å²) >= 11 is 0. The molecule has 0 spiro atoms. The van der Waals surface area contributed by atoms with Gasteiger partial charge in [-0.3, -0.25) is 0 Å². The third kappa shape index (κ3) is 3.99. The van der Waals surface area contributed by atoms with Gasteiger partial charge in [-0.25, -0.2) is 4.98 Å². The predicted octanol–water partition coefficient (Wildman–Crippen LogP) is 3.12. The molecule has 4 heteroatoms. The average Bonchev–Trinajstić information content (AvgIpc) is 3.00. The molecule has 0 radical (unpaired) electrons. The van der Waals surface area contributed by atoms with Crippen molar-refractivity contribution in [2.24, 2.45) is 0 Å². The Morgan fingerprint density at radius 3 is 2.68 bits per heavy atom. The Hall–Kier alpha value is -1.13. The number of rotatable bonds is 5. The molecule has 0 unspecified atom stereocenters. The first-order chi connectivity index (χ1) is 10.9. The van der Waals surface area contributed by atoms with E-state index in [1.807, 2.05) is 13.3 Å². The molecule has 1 aromatic rings. The van der Waals surface area contributed by atoms with Crippen molar-refractivity contribution in [2.75, 3.05) is 25.1 Å². The maximum absolute atomic E-state index is 5.67. The normalized spacial score (nSPS) is 26.1. The van der Waals surface area contributed by atoms with Crippen molar-refractivity contribution >= 4 is 5.82 Å². The number of aromatic nitrogens is 1. The van der Waals surface area contributed by atoms with Crippen LogP contribution >= 0.6 is 0 Å². The van der Waals surface area contributed by atoms with Gasteiger partial charge in [-0.15, -0.1) is 0 Å². The number of anilines is 1. The molecule has 122 valence electrons. The molecule has 1 aliphatic heterocycles. The van der Waals surface area contributed by atoms with E-state index in [0.29, 0.717) is 12.1 Å². The van der Waals surface area contributed by atoms with Crippen molar-refractivity contribution in [1.29, 1.82) is 0 Å². The van der Waals surface area contributed by atoms with Crippen LogP contribution in [0, 0.1) is 0 Å². The standard InChI is InChI=1S/C18H29N3O/c1-22-17-8-4-2-3-7-16(17)19-13-15-9-10-18(20-14-15)21-11-5-6-12-21/h9-10,14,16-17,19H,2-8,11-13H2,1H3/t16-,17-/m1/s1. The summed E-state index contributed by atoms with van der Waals surface area (Å²) in [6.07, 6.45) is 11.3. The first kappa shape index (κ1) is 15.8. The van der Waals surface area contributed by atoms with Gasteiger partial charge in [0.25, 0.3) is 0 Å². The fraction of sp³-hybridized carbons (Fsp3) is 0.722. The van der Waals surface area contributed by atoms with E-state index in [-0.39, 0.29) is 0 Å². The van der Waals surface area contributed by atoms with Crippen molar-refractivity contribution < 1.29 is 4.74 Å². The van der Waals surface area contributed by atoms with E-state index in [1.165, 1.54) is 50.5 Å². The minimum atomic E-state index is 0.360. The van der Waals surface area contributed by atoms with Crippen LogP contribution in [0.3, 0.4) is 0 Å². The van der Waals surface area contributed by atoms with Gasteiger partial charge < -0.3 is 15.0 Å². The second-order valence-electron chi connectivity index (χ2n) is 6.62. The van der Waals surface area contributed by atoms with Gasteiger partial charge in [0.05, 0.1) is 6.10 Å². The molecule has 22 heavy (non-hydrogen) atoms. The number of nitrogens with one attached hydrogen (secondary N) is 1. The van der Waals surface area contributed by atoms with E-state index in [9.17, 15) is 0 Å². The van der Waals surface area contributed by atoms with Crippen molar-refractivity contribution in [2.45, 2.75) is 63.6 Å². The molecule has 1 aromatic heterocycles. The van der Waals surface area contributed by atoms with E-state index < -0.39 is 0 Å². The van der Waals surface area contributed by atoms with Crippen molar-refractivity contribution in [3.8, 4) is 0 Å². The summed E-state index contributed by atoms with van der Waals surface area (Å²) in [7, 11) is 1.84. The second kappa shape index (κ2) is 7.93. The lowest BCUT2D eigenvalue weighted by Crippen LogP contribution is -2.39. The monoisotopic (exact) mass is 303 g/mol. The van der Waals surface area contributed by atoms with Crippen LogP contribution in [0.1, 0.15) is 50.5 Å². The van der Waals surface area contributed by atoms with Crippen LogP contribution in [-0.4, -0.2) is 37.3 Å². The SMILES string of the molecule is CO[C@@H]1CCCCC[C@H]1NCc1ccc(N2CCCC2)nc1. The third-order valence-electron chi connectivity index (χ3n) is 5.06. The molecule has 4 nitrogen and oxygen atoms in total. The van der Waals surface area contributed by atoms with Gasteiger partial charge in [0.2, 0.25) is 0 Å². The van der Waals surface area contributed by atoms with Gasteiger partial charge in [-0.2, -0.15) is 0 Å². The maximum Gasteiger partial charge on any atom is 0.128 e. The molecule has 1 N–H and O–H groups in total. The smallest absolute Gasteiger partial charge is 0.128 e. The van der Waals surface area contributed by atoms with E-state index in [0.717, 1.165) is 25.5 Å². The molecule has 1 aliphatic carbocycles. The van der Waals surface area contributed by atoms with Crippen LogP contribution in [0.5, 0.6) is 0 Å². The molecule has 1 saturated carbocycles. The third-order valence-corrected chi connectivity index (χ3v) is 5.06. The zero-order valence-corrected chi connectivity index (χ0v) is 13.8. The van der Waals surface area contributed by atoms with E-state index in [2.05, 4.69) is 27.3 Å². The Morgan fingerprint density at radius 1 is 1.14 bits per heavy atom. The molecular formula is C18H29N3O. The zero-order chi connectivity index (χ0) is 15.2. The highest BCUT2D eigenvalue weighted by Crippen LogP contribution is 2.21. The Bertz CT molecular complexity index is 442. The summed E-state index contributed by atoms with van der Waals surface area (Å²) in [6, 6.07) is 4.86. The lowest BCUT2D eigenvalue weighted by molar-refractivity contribution is 0.0626. The maximum atomic E-state index is 5.67. The molecule has 2 fully saturated rings. The van der Waals surface area contributed by atoms with Gasteiger partial charge in [0.15, 0.2) is 0 Å². The molecule has 2 heterocycles. The highest BCUT2D eigenvalue weighted by Gasteiger charge is 2.22. The Morgan fingerprint density at radius 2 is 1.95 bits per heavy atom. The van der Waals surface area contributed by atoms with Gasteiger partial charge in [0.1, 0.15) is 5.82 Å². The molecule has 3 rings (SSSR count). The molecule has 1 saturated heterocycles. The lowest BCUT2D eigenvalue weighted by Gasteiger charge is -2.25. The summed E-state index contributed by atoms with van der Waals surface area (Å²) in [5, 5.41) is 3.69. The van der Waals surface area contributed by atoms with Gasteiger partial charge in [-0.1, -0.05) is 25.3 Å². The first-order valence-corrected chi connectivity index (χ1v) is 8.83. The summed E-state index contributed by atoms with van der Waals surface area (Å²) in [5.74, 6) is 1.13. The van der Waals surface area contributed by atoms with E-state index in [1.54, 1.807) is 0 Å². The number of hydrogen-bond acceptors (Lipinski definition) is 4. The minimum Gasteiger partial charge on any atom is -0.380 e. The molecular weight excluding hydrogens is 274 g/mol. The second-order valence-corrected chi connectivity index (χ2v) is 6.62. The molecule has 0 aromatic carbocycles. The summed E-state index contributed by atoms with van der Waals surface area (Å²) in [5.41, 5.74) is 1.27. The fourth-order valence-corrected chi connectivity index (χ4v) is 3.69. The number of methoxy groups -OCH3 is 1. The van der Waals surface area contributed by atoms with Crippen LogP contribution < -0.4 is 10.2 Å². The Balaban J connectivity index is 1.53. The minimum absolute atomic E-state index is 0.360. The molecule has 2 atom stereocenters. The molecule has 0 amide bonds. The summed E-state index contributed by atoms with van der Waals surface area (Å²) < 4.78 is 5.67. The summed E-state index contributed by atoms with van der Waals surface area (Å²) in [4.78, 5) is 7.02. The Labute approximate surface area is 134 Å². The molecule has 0 bridgehead atoms. The first-order valence-electron chi connectivity index (χ1n) is 8.83. The van der Waals surface area contributed by atoms with E-state index in [4.69, 9.17) is 4.74 Å². The number of hydrogen-bond donors (Lipinski definition) is 1. The van der Waals surface area contributed by atoms with Crippen molar-refractivity contribution in [3.63, 3.8) is 0 Å². The van der Waals surface area contributed by atoms with Crippen LogP contribution in [0.25, 0.3) is 0 Å². The highest BCUT2D eigenvalue weighted by atomic mass is 16.5. The highest BCUT2D eigenvalue weighted by molar-refractivity contribution is 5.40. The Kier molecular flexibility index (Phi) is 5.68. The van der Waals surface area contributed by atoms with Crippen molar-refractivity contribution in [3.05, 3.63) is 23.9 Å². The largest absolute Gasteiger partial charge is 0.380 e. The van der Waals surface area contributed by atoms with Gasteiger partial charge in [-0.05, 0) is 37.3 Å². The van der Waals surface area contributed by atoms with Crippen LogP contribution in [0.2, 0.25) is 0 Å². The summed E-state index contributed by atoms with van der Waals surface area (Å²) in [6.45, 7) is 3.20. The van der Waals surface area contributed by atoms with Gasteiger partial charge >= 0.3 is 0 Å². The topological polar surface area (TPSA) is 37.4 Å². The number of nitrogens with zero attached hydrogens (tertiary/aromatic N) is 2. The lowest BCUT2D eigenvalue weighted by atomic mass is 10.1. The van der Waals surface area contributed by atoms with E-state index >= 15 is 0 Å². The van der Waals surface area contributed by atoms with Crippen molar-refractivity contribution in [1.82, 2.24) is 10.3 Å². The fourth-order valence-electron chi connectivity index (χ4n) is 3.69. The van der Waals surface area contributed by atoms with Crippen LogP contribution in [-0.2, 0) is 11.3 Å². The van der Waals surface area contributed by atoms with Crippen LogP contribution in [0.4, 0.5) is 5.82 Å². The van der Waals surface area contributed by atoms with Gasteiger partial charge in [0, 0.05) is 39.0 Å². The van der Waals surface area contributed by atoms with Crippen LogP contribution in [0.15, 0.2) is 18.3 Å². The average molecular weight is 303 g/mol. The predicted molar refractivity (Wildman–Crippen MR) is 90.2 cm³/mol. The number of ether oxygens (including phenoxy) is 1. The zero-order valence-electron chi connectivity index (χ0n) is 13.8. The number of pyridine rings is 1. The quantitative estimate of drug-likeness (QED) is 0.848.